The van der Waals surface area contributed by atoms with E-state index in [-0.39, 0.29) is 0 Å². The van der Waals surface area contributed by atoms with Gasteiger partial charge in [0.15, 0.2) is 0 Å². The smallest absolute Gasteiger partial charge is 0.115 e. The Morgan fingerprint density at radius 1 is 0.923 bits per heavy atom. The second-order valence-electron chi connectivity index (χ2n) is 2.96. The molecule has 0 spiro atoms. The van der Waals surface area contributed by atoms with Crippen molar-refractivity contribution in [1.82, 2.24) is 0 Å². The first-order valence-corrected chi connectivity index (χ1v) is 4.24. The average Bonchev–Trinajstić information content (AvgIpc) is 2.17. The molecule has 0 aliphatic rings. The highest BCUT2D eigenvalue weighted by Crippen LogP contribution is 2.13. The molecule has 0 radical (unpaired) electrons. The minimum absolute atomic E-state index is 0.501. The minimum Gasteiger partial charge on any atom is -0.330 e. The maximum Gasteiger partial charge on any atom is 0.115 e. The number of benzene rings is 1. The van der Waals surface area contributed by atoms with Crippen LogP contribution < -0.4 is 5.73 Å². The van der Waals surface area contributed by atoms with Crippen LogP contribution in [0.2, 0.25) is 0 Å². The van der Waals surface area contributed by atoms with Gasteiger partial charge in [-0.1, -0.05) is 18.2 Å². The number of hydrogen-bond donors (Lipinski definition) is 1. The van der Waals surface area contributed by atoms with Gasteiger partial charge in [-0.2, -0.15) is 0 Å². The molecule has 2 N–H and O–H groups in total. The minimum atomic E-state index is -0.550. The van der Waals surface area contributed by atoms with Crippen LogP contribution in [0.15, 0.2) is 18.2 Å². The molecule has 1 rings (SSSR count). The van der Waals surface area contributed by atoms with Crippen molar-refractivity contribution in [2.75, 3.05) is 6.54 Å². The summed E-state index contributed by atoms with van der Waals surface area (Å²) in [7, 11) is 0. The molecule has 72 valence electrons. The Morgan fingerprint density at radius 3 is 1.77 bits per heavy atom. The molecule has 0 aliphatic heterocycles. The summed E-state index contributed by atoms with van der Waals surface area (Å²) in [6, 6.07) is 5.00. The van der Waals surface area contributed by atoms with Gasteiger partial charge in [-0.25, -0.2) is 8.78 Å². The van der Waals surface area contributed by atoms with Crippen LogP contribution in [-0.4, -0.2) is 6.54 Å². The van der Waals surface area contributed by atoms with Gasteiger partial charge in [0.05, 0.1) is 0 Å². The van der Waals surface area contributed by atoms with Gasteiger partial charge in [0.1, 0.15) is 13.3 Å². The van der Waals surface area contributed by atoms with Crippen molar-refractivity contribution in [3.63, 3.8) is 0 Å². The van der Waals surface area contributed by atoms with Crippen LogP contribution in [0.25, 0.3) is 0 Å². The van der Waals surface area contributed by atoms with Gasteiger partial charge < -0.3 is 5.73 Å². The van der Waals surface area contributed by atoms with Crippen LogP contribution in [0, 0.1) is 0 Å². The van der Waals surface area contributed by atoms with E-state index >= 15 is 0 Å². The van der Waals surface area contributed by atoms with Crippen molar-refractivity contribution in [3.05, 3.63) is 34.9 Å². The molecule has 0 heterocycles. The zero-order valence-electron chi connectivity index (χ0n) is 7.39. The van der Waals surface area contributed by atoms with Gasteiger partial charge in [0.2, 0.25) is 0 Å². The summed E-state index contributed by atoms with van der Waals surface area (Å²) in [4.78, 5) is 0. The van der Waals surface area contributed by atoms with E-state index in [1.165, 1.54) is 0 Å². The number of alkyl halides is 2. The van der Waals surface area contributed by atoms with Crippen molar-refractivity contribution < 1.29 is 8.78 Å². The van der Waals surface area contributed by atoms with E-state index in [1.54, 1.807) is 18.2 Å². The molecule has 3 heteroatoms. The first-order chi connectivity index (χ1) is 6.30. The maximum atomic E-state index is 12.3. The molecule has 1 aromatic rings. The summed E-state index contributed by atoms with van der Waals surface area (Å²) in [5.41, 5.74) is 7.32. The number of hydrogen-bond acceptors (Lipinski definition) is 1. The van der Waals surface area contributed by atoms with Crippen molar-refractivity contribution in [2.24, 2.45) is 5.73 Å². The van der Waals surface area contributed by atoms with Crippen molar-refractivity contribution >= 4 is 0 Å². The van der Waals surface area contributed by atoms with E-state index < -0.39 is 13.3 Å². The molecular formula is C10H13F2N. The second kappa shape index (κ2) is 4.92. The molecule has 0 aromatic heterocycles. The monoisotopic (exact) mass is 185 g/mol. The Hall–Kier alpha value is -0.960. The fraction of sp³-hybridized carbons (Fsp3) is 0.400. The van der Waals surface area contributed by atoms with Gasteiger partial charge in [-0.15, -0.1) is 0 Å². The van der Waals surface area contributed by atoms with Gasteiger partial charge >= 0.3 is 0 Å². The zero-order valence-corrected chi connectivity index (χ0v) is 7.39. The van der Waals surface area contributed by atoms with Crippen molar-refractivity contribution in [3.8, 4) is 0 Å². The number of nitrogens with two attached hydrogens (primary N) is 1. The molecule has 0 bridgehead atoms. The molecule has 0 saturated heterocycles. The lowest BCUT2D eigenvalue weighted by Gasteiger charge is -2.04. The molecule has 1 aromatic carbocycles. The van der Waals surface area contributed by atoms with Gasteiger partial charge in [-0.3, -0.25) is 0 Å². The summed E-state index contributed by atoms with van der Waals surface area (Å²) in [5.74, 6) is 0. The Bertz CT molecular complexity index is 251. The summed E-state index contributed by atoms with van der Waals surface area (Å²) >= 11 is 0. The molecule has 1 nitrogen and oxygen atoms in total. The number of halogens is 2. The molecule has 0 fully saturated rings. The average molecular weight is 185 g/mol. The SMILES string of the molecule is NCCc1cc(CF)cc(CF)c1. The summed E-state index contributed by atoms with van der Waals surface area (Å²) in [6.45, 7) is -0.599. The summed E-state index contributed by atoms with van der Waals surface area (Å²) < 4.78 is 24.6. The molecular weight excluding hydrogens is 172 g/mol. The van der Waals surface area contributed by atoms with Gasteiger partial charge in [0.25, 0.3) is 0 Å². The third-order valence-corrected chi connectivity index (χ3v) is 1.85. The van der Waals surface area contributed by atoms with Crippen molar-refractivity contribution in [2.45, 2.75) is 19.8 Å². The largest absolute Gasteiger partial charge is 0.330 e. The van der Waals surface area contributed by atoms with Gasteiger partial charge in [-0.05, 0) is 29.7 Å². The van der Waals surface area contributed by atoms with Crippen LogP contribution in [-0.2, 0) is 19.8 Å². The first kappa shape index (κ1) is 10.1. The van der Waals surface area contributed by atoms with E-state index in [1.807, 2.05) is 0 Å². The van der Waals surface area contributed by atoms with E-state index in [4.69, 9.17) is 5.73 Å². The third-order valence-electron chi connectivity index (χ3n) is 1.85. The second-order valence-corrected chi connectivity index (χ2v) is 2.96. The van der Waals surface area contributed by atoms with E-state index in [0.29, 0.717) is 24.1 Å². The zero-order chi connectivity index (χ0) is 9.68. The van der Waals surface area contributed by atoms with E-state index in [0.717, 1.165) is 5.56 Å². The Kier molecular flexibility index (Phi) is 3.83. The van der Waals surface area contributed by atoms with Crippen molar-refractivity contribution in [1.29, 1.82) is 0 Å². The lowest BCUT2D eigenvalue weighted by atomic mass is 10.0. The Morgan fingerprint density at radius 2 is 1.38 bits per heavy atom. The highest BCUT2D eigenvalue weighted by molar-refractivity contribution is 5.29. The lowest BCUT2D eigenvalue weighted by molar-refractivity contribution is 0.474. The summed E-state index contributed by atoms with van der Waals surface area (Å²) in [6.07, 6.45) is 0.668. The highest BCUT2D eigenvalue weighted by atomic mass is 19.1. The van der Waals surface area contributed by atoms with Crippen LogP contribution in [0.4, 0.5) is 8.78 Å². The predicted octanol–water partition coefficient (Wildman–Crippen LogP) is 2.13. The fourth-order valence-electron chi connectivity index (χ4n) is 1.30. The fourth-order valence-corrected chi connectivity index (χ4v) is 1.30. The van der Waals surface area contributed by atoms with Crippen LogP contribution in [0.1, 0.15) is 16.7 Å². The van der Waals surface area contributed by atoms with Gasteiger partial charge in [0, 0.05) is 0 Å². The quantitative estimate of drug-likeness (QED) is 0.764. The normalized spacial score (nSPS) is 10.4. The topological polar surface area (TPSA) is 26.0 Å². The molecule has 0 aliphatic carbocycles. The maximum absolute atomic E-state index is 12.3. The van der Waals surface area contributed by atoms with Crippen LogP contribution >= 0.6 is 0 Å². The standard InChI is InChI=1S/C10H13F2N/c11-6-9-3-8(1-2-13)4-10(5-9)7-12/h3-5H,1-2,6-7,13H2. The molecule has 0 amide bonds. The van der Waals surface area contributed by atoms with Crippen LogP contribution in [0.3, 0.4) is 0 Å². The number of rotatable bonds is 4. The first-order valence-electron chi connectivity index (χ1n) is 4.24. The van der Waals surface area contributed by atoms with Crippen LogP contribution in [0.5, 0.6) is 0 Å². The Balaban J connectivity index is 2.93. The highest BCUT2D eigenvalue weighted by Gasteiger charge is 2.00. The van der Waals surface area contributed by atoms with E-state index in [9.17, 15) is 8.78 Å². The lowest BCUT2D eigenvalue weighted by Crippen LogP contribution is -2.03. The molecule has 13 heavy (non-hydrogen) atoms. The predicted molar refractivity (Wildman–Crippen MR) is 48.8 cm³/mol. The third kappa shape index (κ3) is 2.77. The Labute approximate surface area is 76.6 Å². The molecule has 0 unspecified atom stereocenters. The molecule has 0 saturated carbocycles. The van der Waals surface area contributed by atoms with E-state index in [2.05, 4.69) is 0 Å². The summed E-state index contributed by atoms with van der Waals surface area (Å²) in [5, 5.41) is 0. The molecule has 0 atom stereocenters.